The first-order chi connectivity index (χ1) is 68.4. The van der Waals surface area contributed by atoms with Gasteiger partial charge in [0.25, 0.3) is 0 Å². The molecule has 0 aromatic heterocycles. The molecular formula is C92H137N27O25. The lowest BCUT2D eigenvalue weighted by atomic mass is 10.0. The van der Waals surface area contributed by atoms with Gasteiger partial charge >= 0.3 is 11.9 Å². The van der Waals surface area contributed by atoms with Gasteiger partial charge in [0.05, 0.1) is 45.3 Å². The molecule has 4 rings (SSSR count). The highest BCUT2D eigenvalue weighted by Crippen LogP contribution is 2.17. The molecule has 144 heavy (non-hydrogen) atoms. The van der Waals surface area contributed by atoms with Crippen LogP contribution in [0, 0.1) is 16.7 Å². The van der Waals surface area contributed by atoms with E-state index in [0.29, 0.717) is 29.5 Å². The smallest absolute Gasteiger partial charge is 0.303 e. The highest BCUT2D eigenvalue weighted by atomic mass is 16.4. The second kappa shape index (κ2) is 65.4. The predicted molar refractivity (Wildman–Crippen MR) is 519 cm³/mol. The minimum Gasteiger partial charge on any atom is -0.508 e. The van der Waals surface area contributed by atoms with E-state index in [2.05, 4.69) is 95.7 Å². The summed E-state index contributed by atoms with van der Waals surface area (Å²) in [6.07, 6.45) is -3.65. The van der Waals surface area contributed by atoms with Crippen molar-refractivity contribution in [2.75, 3.05) is 59.0 Å². The summed E-state index contributed by atoms with van der Waals surface area (Å²) in [5.74, 6) is -23.0. The number of aliphatic hydroxyl groups excluding tert-OH is 2. The first-order valence-electron chi connectivity index (χ1n) is 46.6. The number of hydrogen-bond acceptors (Lipinski definition) is 28. The minimum atomic E-state index is -1.96. The summed E-state index contributed by atoms with van der Waals surface area (Å²) in [6.45, 7) is -1.43. The fraction of sp³-hybridized carbons (Fsp3) is 0.500. The SMILES string of the molecule is CC(C)C[C@H](NC(=O)[C@H](CCC(=O)O)NC(=O)[C@@H](N)CCC(=O)O)C(=O)N[C@@H](CC(N)=O)C(=O)NCC(=O)N[C@@H](Cc1ccc(O)cc1)C(=O)N[C@@H](CO)C(=O)N[C@@H](CCCNC(=N)N)C(=O)N[C@@H](CCCCN)C(=O)N[C@@H](CCCCN)C(=O)NCC(=O)NCC(=O)N[C@@H](Cc1ccccc1)C(=O)N[C@@H](CO)C(=O)N[C@@H](Cc1ccccc1)C(=O)N[C@@H](CCCNC(=N)N)C(=O)N[C@@H](Cc1ccccc1)C(N)=O. The van der Waals surface area contributed by atoms with Crippen LogP contribution in [0.1, 0.15) is 139 Å². The van der Waals surface area contributed by atoms with Crippen LogP contribution in [0.4, 0.5) is 0 Å². The van der Waals surface area contributed by atoms with Crippen molar-refractivity contribution < 1.29 is 121 Å². The van der Waals surface area contributed by atoms with E-state index < -0.39 is 280 Å². The van der Waals surface area contributed by atoms with E-state index in [1.807, 2.05) is 0 Å². The third-order valence-corrected chi connectivity index (χ3v) is 21.8. The molecule has 0 aliphatic rings. The average molecular weight is 2020 g/mol. The lowest BCUT2D eigenvalue weighted by Crippen LogP contribution is -2.60. The molecule has 0 aliphatic carbocycles. The van der Waals surface area contributed by atoms with Gasteiger partial charge in [-0.25, -0.2) is 0 Å². The number of aliphatic carboxylic acids is 2. The molecule has 790 valence electrons. The zero-order valence-electron chi connectivity index (χ0n) is 80.1. The zero-order chi connectivity index (χ0) is 107. The van der Waals surface area contributed by atoms with Crippen LogP contribution in [0.3, 0.4) is 0 Å². The number of nitrogens with one attached hydrogen (secondary N) is 20. The standard InChI is InChI=1S/C92H137N27O25/c1-51(2)40-64(115-84(138)62(33-35-76(129)130)109-78(132)57(95)32-34-75(127)128)85(139)117-68(45-71(96)123)80(134)106-48-74(126)108-66(44-55-28-30-56(122)31-29-55)87(141)118-69(49-120)89(143)113-60(26-16-38-102-91(98)99)82(136)111-59(25-13-15-37-94)81(135)110-58(24-12-14-36-93)79(133)105-46-72(124)104-47-73(125)107-65(42-53-20-8-4-9-21-53)86(140)119-70(50-121)90(144)116-67(43-54-22-10-5-11-23-54)88(142)112-61(27-17-39-103-92(100)101)83(137)114-63(77(97)131)41-52-18-6-3-7-19-52/h3-11,18-23,28-31,51,57-70,120-122H,12-17,24-27,32-50,93-95H2,1-2H3,(H2,96,123)(H2,97,131)(H,104,124)(H,105,133)(H,106,134)(H,107,125)(H,108,126)(H,109,132)(H,110,135)(H,111,136)(H,112,142)(H,113,143)(H,114,137)(H,115,138)(H,116,144)(H,117,139)(H,118,141)(H,119,140)(H,127,128)(H,129,130)(H4,98,99,102)(H4,100,101,103)/t57-,58-,59-,60-,61-,62-,63-,64-,65-,66-,67-,68-,69-,70-/m0/s1. The lowest BCUT2D eigenvalue weighted by molar-refractivity contribution is -0.139. The summed E-state index contributed by atoms with van der Waals surface area (Å²) in [5, 5.41) is 109. The van der Waals surface area contributed by atoms with E-state index in [9.17, 15) is 116 Å². The van der Waals surface area contributed by atoms with Crippen LogP contribution in [0.25, 0.3) is 0 Å². The number of guanidine groups is 2. The number of hydrogen-bond donors (Lipinski definition) is 32. The first-order valence-corrected chi connectivity index (χ1v) is 46.6. The highest BCUT2D eigenvalue weighted by molar-refractivity contribution is 6.01. The number of phenols is 1. The van der Waals surface area contributed by atoms with E-state index in [1.165, 1.54) is 24.3 Å². The summed E-state index contributed by atoms with van der Waals surface area (Å²) in [7, 11) is 0. The average Bonchev–Trinajstić information content (AvgIpc) is 0.855. The Morgan fingerprint density at radius 1 is 0.312 bits per heavy atom. The molecule has 39 N–H and O–H groups in total. The quantitative estimate of drug-likeness (QED) is 0.0111. The van der Waals surface area contributed by atoms with Crippen molar-refractivity contribution in [2.24, 2.45) is 46.1 Å². The number of carbonyl (C=O) groups is 20. The van der Waals surface area contributed by atoms with Gasteiger partial charge in [-0.05, 0) is 137 Å². The molecular weight excluding hydrogens is 1880 g/mol. The van der Waals surface area contributed by atoms with Gasteiger partial charge in [0.15, 0.2) is 11.9 Å². The van der Waals surface area contributed by atoms with Crippen molar-refractivity contribution in [1.82, 2.24) is 95.7 Å². The number of primary amides is 2. The Morgan fingerprint density at radius 3 is 0.993 bits per heavy atom. The Hall–Kier alpha value is -15.6. The molecule has 0 saturated heterocycles. The molecule has 0 aliphatic heterocycles. The second-order valence-electron chi connectivity index (χ2n) is 34.1. The molecule has 18 amide bonds. The maximum atomic E-state index is 14.6. The molecule has 4 aromatic rings. The number of carboxylic acids is 2. The van der Waals surface area contributed by atoms with Crippen LogP contribution in [0.5, 0.6) is 5.75 Å². The lowest BCUT2D eigenvalue weighted by Gasteiger charge is -2.27. The van der Waals surface area contributed by atoms with Crippen LogP contribution in [-0.2, 0) is 122 Å². The third-order valence-electron chi connectivity index (χ3n) is 21.8. The number of nitrogens with two attached hydrogens (primary N) is 7. The maximum absolute atomic E-state index is 14.6. The van der Waals surface area contributed by atoms with Crippen LogP contribution < -0.4 is 136 Å². The van der Waals surface area contributed by atoms with Crippen molar-refractivity contribution in [3.63, 3.8) is 0 Å². The number of carbonyl (C=O) groups excluding carboxylic acids is 18. The van der Waals surface area contributed by atoms with E-state index in [1.54, 1.807) is 105 Å². The van der Waals surface area contributed by atoms with Crippen LogP contribution in [-0.4, -0.2) is 299 Å². The minimum absolute atomic E-state index is 0.00775. The summed E-state index contributed by atoms with van der Waals surface area (Å²) in [4.78, 5) is 273. The van der Waals surface area contributed by atoms with Crippen molar-refractivity contribution in [3.8, 4) is 5.75 Å². The number of aromatic hydroxyl groups is 1. The monoisotopic (exact) mass is 2020 g/mol. The number of benzene rings is 4. The molecule has 0 bridgehead atoms. The van der Waals surface area contributed by atoms with Crippen molar-refractivity contribution in [3.05, 3.63) is 138 Å². The van der Waals surface area contributed by atoms with Gasteiger partial charge in [0, 0.05) is 51.6 Å². The molecule has 0 radical (unpaired) electrons. The largest absolute Gasteiger partial charge is 0.508 e. The van der Waals surface area contributed by atoms with E-state index in [-0.39, 0.29) is 127 Å². The van der Waals surface area contributed by atoms with E-state index in [4.69, 9.17) is 56.1 Å². The van der Waals surface area contributed by atoms with Gasteiger partial charge in [-0.1, -0.05) is 117 Å². The molecule has 14 atom stereocenters. The fourth-order valence-corrected chi connectivity index (χ4v) is 14.2. The summed E-state index contributed by atoms with van der Waals surface area (Å²) in [5.41, 5.74) is 41.6. The number of carboxylic acid groups (broad SMARTS) is 2. The van der Waals surface area contributed by atoms with Gasteiger partial charge in [-0.15, -0.1) is 0 Å². The number of rotatable bonds is 69. The Balaban J connectivity index is 1.52. The third kappa shape index (κ3) is 48.1. The Labute approximate surface area is 829 Å². The van der Waals surface area contributed by atoms with Crippen molar-refractivity contribution in [2.45, 2.75) is 227 Å². The Morgan fingerprint density at radius 2 is 0.611 bits per heavy atom. The molecule has 0 fully saturated rings. The normalized spacial score (nSPS) is 13.8. The molecule has 0 unspecified atom stereocenters. The topological polar surface area (TPSA) is 889 Å². The van der Waals surface area contributed by atoms with Gasteiger partial charge < -0.3 is 161 Å². The van der Waals surface area contributed by atoms with E-state index >= 15 is 0 Å². The van der Waals surface area contributed by atoms with Crippen LogP contribution >= 0.6 is 0 Å². The van der Waals surface area contributed by atoms with Crippen LogP contribution in [0.2, 0.25) is 0 Å². The van der Waals surface area contributed by atoms with Gasteiger partial charge in [0.2, 0.25) is 106 Å². The zero-order valence-corrected chi connectivity index (χ0v) is 80.1. The van der Waals surface area contributed by atoms with Crippen molar-refractivity contribution >= 4 is 130 Å². The van der Waals surface area contributed by atoms with Gasteiger partial charge in [-0.3, -0.25) is 107 Å². The molecule has 52 heteroatoms. The number of amides is 18. The highest BCUT2D eigenvalue weighted by Gasteiger charge is 2.39. The molecule has 0 spiro atoms. The fourth-order valence-electron chi connectivity index (χ4n) is 14.2. The first kappa shape index (κ1) is 121. The predicted octanol–water partition coefficient (Wildman–Crippen LogP) is -9.45. The Kier molecular flexibility index (Phi) is 54.9. The van der Waals surface area contributed by atoms with Gasteiger partial charge in [0.1, 0.15) is 84.3 Å². The second-order valence-corrected chi connectivity index (χ2v) is 34.1. The maximum Gasteiger partial charge on any atom is 0.303 e. The summed E-state index contributed by atoms with van der Waals surface area (Å²) < 4.78 is 0. The summed E-state index contributed by atoms with van der Waals surface area (Å²) >= 11 is 0. The van der Waals surface area contributed by atoms with Crippen molar-refractivity contribution in [1.29, 1.82) is 10.8 Å². The Bertz CT molecular complexity index is 4950. The number of unbranched alkanes of at least 4 members (excludes halogenated alkanes) is 2. The molecule has 52 nitrogen and oxygen atoms in total. The molecule has 0 heterocycles. The molecule has 4 aromatic carbocycles. The van der Waals surface area contributed by atoms with Crippen LogP contribution in [0.15, 0.2) is 115 Å². The number of phenolic OH excluding ortho intramolecular Hbond substituents is 1. The number of aliphatic hydroxyl groups is 2. The molecule has 0 saturated carbocycles. The van der Waals surface area contributed by atoms with E-state index in [0.717, 1.165) is 0 Å². The van der Waals surface area contributed by atoms with Gasteiger partial charge in [-0.2, -0.15) is 0 Å². The summed E-state index contributed by atoms with van der Waals surface area (Å²) in [6, 6.07) is 7.92.